The van der Waals surface area contributed by atoms with Crippen molar-refractivity contribution in [2.24, 2.45) is 5.92 Å². The normalized spacial score (nSPS) is 23.3. The molecule has 2 N–H and O–H groups in total. The Balaban J connectivity index is 2.34. The van der Waals surface area contributed by atoms with Gasteiger partial charge in [-0.05, 0) is 31.8 Å². The van der Waals surface area contributed by atoms with Crippen molar-refractivity contribution in [3.63, 3.8) is 0 Å². The number of rotatable bonds is 5. The van der Waals surface area contributed by atoms with Gasteiger partial charge in [0.25, 0.3) is 6.43 Å². The van der Waals surface area contributed by atoms with E-state index in [1.54, 1.807) is 0 Å². The quantitative estimate of drug-likeness (QED) is 0.722. The minimum atomic E-state index is -3.55. The molecule has 0 aromatic rings. The van der Waals surface area contributed by atoms with Gasteiger partial charge < -0.3 is 5.32 Å². The molecule has 0 bridgehead atoms. The molecule has 0 aromatic carbocycles. The lowest BCUT2D eigenvalue weighted by molar-refractivity contribution is 0.153. The Bertz CT molecular complexity index is 276. The average Bonchev–Trinajstić information content (AvgIpc) is 2.16. The van der Waals surface area contributed by atoms with Crippen LogP contribution in [0.2, 0.25) is 0 Å². The third-order valence-corrected chi connectivity index (χ3v) is 3.83. The first kappa shape index (κ1) is 12.8. The Kier molecular flexibility index (Phi) is 4.88. The number of alkyl halides is 2. The zero-order valence-corrected chi connectivity index (χ0v) is 9.19. The Morgan fingerprint density at radius 1 is 1.47 bits per heavy atom. The fraction of sp³-hybridized carbons (Fsp3) is 1.00. The van der Waals surface area contributed by atoms with Gasteiger partial charge in [-0.3, -0.25) is 0 Å². The highest BCUT2D eigenvalue weighted by atomic mass is 32.2. The Morgan fingerprint density at radius 3 is 2.73 bits per heavy atom. The number of sulfonamides is 1. The molecule has 0 radical (unpaired) electrons. The van der Waals surface area contributed by atoms with Crippen LogP contribution in [0.3, 0.4) is 0 Å². The van der Waals surface area contributed by atoms with Gasteiger partial charge in [0.1, 0.15) is 0 Å². The highest BCUT2D eigenvalue weighted by Gasteiger charge is 2.21. The van der Waals surface area contributed by atoms with E-state index in [1.807, 2.05) is 4.72 Å². The van der Waals surface area contributed by atoms with E-state index in [2.05, 4.69) is 5.32 Å². The Hall–Kier alpha value is -0.270. The van der Waals surface area contributed by atoms with Crippen LogP contribution in [0.1, 0.15) is 12.8 Å². The first-order chi connectivity index (χ1) is 6.99. The van der Waals surface area contributed by atoms with Crippen LogP contribution in [0.5, 0.6) is 0 Å². The smallest absolute Gasteiger partial charge is 0.251 e. The molecule has 15 heavy (non-hydrogen) atoms. The molecule has 0 aromatic heterocycles. The summed E-state index contributed by atoms with van der Waals surface area (Å²) in [6.07, 6.45) is -0.860. The Labute approximate surface area is 88.5 Å². The van der Waals surface area contributed by atoms with E-state index in [0.29, 0.717) is 6.54 Å². The molecule has 0 amide bonds. The summed E-state index contributed by atoms with van der Waals surface area (Å²) in [6, 6.07) is 0. The van der Waals surface area contributed by atoms with Gasteiger partial charge in [-0.1, -0.05) is 0 Å². The second-order valence-corrected chi connectivity index (χ2v) is 5.58. The molecule has 1 atom stereocenters. The van der Waals surface area contributed by atoms with Crippen molar-refractivity contribution in [1.82, 2.24) is 10.0 Å². The minimum absolute atomic E-state index is 0.0360. The summed E-state index contributed by atoms with van der Waals surface area (Å²) in [6.45, 7) is 0.763. The molecule has 1 unspecified atom stereocenters. The molecular weight excluding hydrogens is 226 g/mol. The van der Waals surface area contributed by atoms with E-state index in [1.165, 1.54) is 0 Å². The molecule has 1 heterocycles. The van der Waals surface area contributed by atoms with E-state index < -0.39 is 23.0 Å². The molecule has 4 nitrogen and oxygen atoms in total. The van der Waals surface area contributed by atoms with Crippen LogP contribution >= 0.6 is 0 Å². The summed E-state index contributed by atoms with van der Waals surface area (Å²) in [5, 5.41) is 3.08. The van der Waals surface area contributed by atoms with Crippen LogP contribution in [0.4, 0.5) is 8.78 Å². The zero-order chi connectivity index (χ0) is 11.3. The molecule has 1 aliphatic heterocycles. The van der Waals surface area contributed by atoms with E-state index in [0.717, 1.165) is 19.4 Å². The van der Waals surface area contributed by atoms with Gasteiger partial charge in [0.05, 0.1) is 12.3 Å². The highest BCUT2D eigenvalue weighted by Crippen LogP contribution is 2.11. The summed E-state index contributed by atoms with van der Waals surface area (Å²) in [5.41, 5.74) is 0. The molecule has 0 saturated carbocycles. The number of hydrogen-bond acceptors (Lipinski definition) is 3. The predicted octanol–water partition coefficient (Wildman–Crippen LogP) is 0.171. The van der Waals surface area contributed by atoms with Crippen LogP contribution in [0, 0.1) is 5.92 Å². The third kappa shape index (κ3) is 5.39. The lowest BCUT2D eigenvalue weighted by atomic mass is 10.0. The Morgan fingerprint density at radius 2 is 2.20 bits per heavy atom. The van der Waals surface area contributed by atoms with Crippen LogP contribution in [-0.2, 0) is 10.0 Å². The standard InChI is InChI=1S/C8H16F2N2O2S/c9-8(10)5-12-15(13,14)6-7-2-1-3-11-4-7/h7-8,11-12H,1-6H2. The summed E-state index contributed by atoms with van der Waals surface area (Å²) in [7, 11) is -3.55. The SMILES string of the molecule is O=S(=O)(CC1CCCNC1)NCC(F)F. The number of hydrogen-bond donors (Lipinski definition) is 2. The molecular formula is C8H16F2N2O2S. The predicted molar refractivity (Wildman–Crippen MR) is 53.4 cm³/mol. The van der Waals surface area contributed by atoms with Gasteiger partial charge in [-0.25, -0.2) is 21.9 Å². The summed E-state index contributed by atoms with van der Waals surface area (Å²) < 4.78 is 48.2. The highest BCUT2D eigenvalue weighted by molar-refractivity contribution is 7.89. The average molecular weight is 242 g/mol. The first-order valence-corrected chi connectivity index (χ1v) is 6.61. The molecule has 0 spiro atoms. The summed E-state index contributed by atoms with van der Waals surface area (Å²) in [5.74, 6) is -0.0267. The van der Waals surface area contributed by atoms with E-state index in [4.69, 9.17) is 0 Å². The van der Waals surface area contributed by atoms with Gasteiger partial charge in [0, 0.05) is 0 Å². The van der Waals surface area contributed by atoms with Crippen molar-refractivity contribution in [3.05, 3.63) is 0 Å². The fourth-order valence-corrected chi connectivity index (χ4v) is 3.03. The van der Waals surface area contributed by atoms with Crippen molar-refractivity contribution in [2.45, 2.75) is 19.3 Å². The maximum Gasteiger partial charge on any atom is 0.251 e. The van der Waals surface area contributed by atoms with E-state index in [9.17, 15) is 17.2 Å². The van der Waals surface area contributed by atoms with Crippen molar-refractivity contribution in [1.29, 1.82) is 0 Å². The molecule has 7 heteroatoms. The second kappa shape index (κ2) is 5.72. The summed E-state index contributed by atoms with van der Waals surface area (Å²) >= 11 is 0. The van der Waals surface area contributed by atoms with Crippen molar-refractivity contribution < 1.29 is 17.2 Å². The molecule has 1 saturated heterocycles. The molecule has 1 fully saturated rings. The minimum Gasteiger partial charge on any atom is -0.316 e. The van der Waals surface area contributed by atoms with Gasteiger partial charge in [0.15, 0.2) is 0 Å². The first-order valence-electron chi connectivity index (χ1n) is 4.96. The van der Waals surface area contributed by atoms with Crippen molar-refractivity contribution >= 4 is 10.0 Å². The number of piperidine rings is 1. The lowest BCUT2D eigenvalue weighted by Crippen LogP contribution is -2.38. The fourth-order valence-electron chi connectivity index (χ4n) is 1.63. The maximum absolute atomic E-state index is 11.8. The largest absolute Gasteiger partial charge is 0.316 e. The third-order valence-electron chi connectivity index (χ3n) is 2.31. The van der Waals surface area contributed by atoms with Gasteiger partial charge >= 0.3 is 0 Å². The second-order valence-electron chi connectivity index (χ2n) is 3.73. The monoisotopic (exact) mass is 242 g/mol. The lowest BCUT2D eigenvalue weighted by Gasteiger charge is -2.22. The van der Waals surface area contributed by atoms with E-state index in [-0.39, 0.29) is 11.7 Å². The summed E-state index contributed by atoms with van der Waals surface area (Å²) in [4.78, 5) is 0. The van der Waals surface area contributed by atoms with Crippen LogP contribution in [0.25, 0.3) is 0 Å². The molecule has 1 rings (SSSR count). The number of nitrogens with one attached hydrogen (secondary N) is 2. The molecule has 0 aliphatic carbocycles. The van der Waals surface area contributed by atoms with Crippen LogP contribution in [-0.4, -0.2) is 40.2 Å². The van der Waals surface area contributed by atoms with Crippen LogP contribution in [0.15, 0.2) is 0 Å². The molecule has 90 valence electrons. The van der Waals surface area contributed by atoms with Gasteiger partial charge in [-0.2, -0.15) is 0 Å². The van der Waals surface area contributed by atoms with Crippen LogP contribution < -0.4 is 10.0 Å². The zero-order valence-electron chi connectivity index (χ0n) is 8.38. The van der Waals surface area contributed by atoms with Crippen molar-refractivity contribution in [3.8, 4) is 0 Å². The van der Waals surface area contributed by atoms with Gasteiger partial charge in [-0.15, -0.1) is 0 Å². The topological polar surface area (TPSA) is 58.2 Å². The van der Waals surface area contributed by atoms with Crippen molar-refractivity contribution in [2.75, 3.05) is 25.4 Å². The number of halogens is 2. The molecule has 1 aliphatic rings. The van der Waals surface area contributed by atoms with Gasteiger partial charge in [0.2, 0.25) is 10.0 Å². The maximum atomic E-state index is 11.8. The van der Waals surface area contributed by atoms with E-state index >= 15 is 0 Å².